The van der Waals surface area contributed by atoms with Gasteiger partial charge in [-0.2, -0.15) is 0 Å². The highest BCUT2D eigenvalue weighted by molar-refractivity contribution is 4.88. The summed E-state index contributed by atoms with van der Waals surface area (Å²) in [5.74, 6) is 0. The summed E-state index contributed by atoms with van der Waals surface area (Å²) < 4.78 is 0. The van der Waals surface area contributed by atoms with Crippen molar-refractivity contribution in [3.05, 3.63) is 0 Å². The largest absolute Gasteiger partial charge is 0.319 e. The molecule has 1 aliphatic carbocycles. The van der Waals surface area contributed by atoms with Crippen LogP contribution in [0.15, 0.2) is 0 Å². The molecule has 0 radical (unpaired) electrons. The summed E-state index contributed by atoms with van der Waals surface area (Å²) in [6.45, 7) is 6.35. The lowest BCUT2D eigenvalue weighted by molar-refractivity contribution is 0.102. The molecule has 0 bridgehead atoms. The first kappa shape index (κ1) is 15.3. The first-order valence-corrected chi connectivity index (χ1v) is 8.64. The van der Waals surface area contributed by atoms with Crippen LogP contribution in [0.5, 0.6) is 0 Å². The van der Waals surface area contributed by atoms with Gasteiger partial charge in [-0.1, -0.05) is 38.5 Å². The summed E-state index contributed by atoms with van der Waals surface area (Å²) in [6.07, 6.45) is 14.4. The topological polar surface area (TPSA) is 15.3 Å². The van der Waals surface area contributed by atoms with Crippen LogP contribution in [0.25, 0.3) is 0 Å². The number of likely N-dealkylation sites (tertiary alicyclic amines) is 1. The summed E-state index contributed by atoms with van der Waals surface area (Å²) in [4.78, 5) is 2.82. The Morgan fingerprint density at radius 1 is 1.00 bits per heavy atom. The molecule has 112 valence electrons. The molecule has 1 heterocycles. The molecule has 1 atom stereocenters. The number of rotatable bonds is 4. The fourth-order valence-corrected chi connectivity index (χ4v) is 4.24. The Balaban J connectivity index is 2.01. The lowest BCUT2D eigenvalue weighted by atomic mass is 9.79. The summed E-state index contributed by atoms with van der Waals surface area (Å²) >= 11 is 0. The molecule has 2 fully saturated rings. The molecule has 19 heavy (non-hydrogen) atoms. The molecule has 1 N–H and O–H groups in total. The van der Waals surface area contributed by atoms with Crippen molar-refractivity contribution < 1.29 is 0 Å². The maximum atomic E-state index is 3.50. The second kappa shape index (κ2) is 7.64. The minimum atomic E-state index is 0.559. The predicted octanol–water partition coefficient (Wildman–Crippen LogP) is 3.81. The van der Waals surface area contributed by atoms with Gasteiger partial charge in [-0.25, -0.2) is 0 Å². The van der Waals surface area contributed by atoms with E-state index in [1.54, 1.807) is 0 Å². The van der Waals surface area contributed by atoms with Gasteiger partial charge in [0.2, 0.25) is 0 Å². The zero-order valence-corrected chi connectivity index (χ0v) is 13.2. The lowest BCUT2D eigenvalue weighted by Gasteiger charge is -2.40. The maximum absolute atomic E-state index is 3.50. The van der Waals surface area contributed by atoms with E-state index in [0.29, 0.717) is 5.41 Å². The van der Waals surface area contributed by atoms with Crippen molar-refractivity contribution in [1.29, 1.82) is 0 Å². The van der Waals surface area contributed by atoms with Gasteiger partial charge < -0.3 is 10.2 Å². The number of nitrogens with zero attached hydrogens (tertiary/aromatic N) is 1. The molecule has 2 rings (SSSR count). The molecule has 1 saturated carbocycles. The van der Waals surface area contributed by atoms with Crippen LogP contribution in [0.1, 0.15) is 71.1 Å². The third-order valence-corrected chi connectivity index (χ3v) is 5.45. The normalized spacial score (nSPS) is 29.7. The van der Waals surface area contributed by atoms with E-state index >= 15 is 0 Å². The van der Waals surface area contributed by atoms with Crippen LogP contribution in [0.4, 0.5) is 0 Å². The summed E-state index contributed by atoms with van der Waals surface area (Å²) in [5.41, 5.74) is 0.559. The second-order valence-corrected chi connectivity index (χ2v) is 7.11. The van der Waals surface area contributed by atoms with Crippen molar-refractivity contribution >= 4 is 0 Å². The Bertz CT molecular complexity index is 244. The van der Waals surface area contributed by atoms with Crippen LogP contribution in [-0.4, -0.2) is 37.6 Å². The Hall–Kier alpha value is -0.0800. The minimum absolute atomic E-state index is 0.559. The Labute approximate surface area is 120 Å². The molecule has 2 nitrogen and oxygen atoms in total. The van der Waals surface area contributed by atoms with E-state index in [2.05, 4.69) is 24.2 Å². The average molecular weight is 266 g/mol. The van der Waals surface area contributed by atoms with E-state index in [4.69, 9.17) is 0 Å². The van der Waals surface area contributed by atoms with E-state index in [-0.39, 0.29) is 0 Å². The molecule has 1 saturated heterocycles. The standard InChI is InChI=1S/C17H34N2/c1-16-10-6-5-9-13-19(16)15-17(14-18-2)11-7-3-4-8-12-17/h16,18H,3-15H2,1-2H3. The smallest absolute Gasteiger partial charge is 0.00671 e. The van der Waals surface area contributed by atoms with Crippen LogP contribution in [-0.2, 0) is 0 Å². The van der Waals surface area contributed by atoms with Gasteiger partial charge in [0.05, 0.1) is 0 Å². The van der Waals surface area contributed by atoms with E-state index in [9.17, 15) is 0 Å². The fraction of sp³-hybridized carbons (Fsp3) is 1.00. The number of hydrogen-bond acceptors (Lipinski definition) is 2. The van der Waals surface area contributed by atoms with E-state index < -0.39 is 0 Å². The minimum Gasteiger partial charge on any atom is -0.319 e. The molecular weight excluding hydrogens is 232 g/mol. The molecule has 2 aliphatic rings. The van der Waals surface area contributed by atoms with Crippen LogP contribution >= 0.6 is 0 Å². The van der Waals surface area contributed by atoms with Crippen molar-refractivity contribution in [2.24, 2.45) is 5.41 Å². The Kier molecular flexibility index (Phi) is 6.15. The summed E-state index contributed by atoms with van der Waals surface area (Å²) in [7, 11) is 2.14. The Morgan fingerprint density at radius 3 is 2.37 bits per heavy atom. The molecule has 2 heteroatoms. The van der Waals surface area contributed by atoms with Gasteiger partial charge in [0.25, 0.3) is 0 Å². The molecule has 0 spiro atoms. The monoisotopic (exact) mass is 266 g/mol. The molecule has 0 aromatic heterocycles. The maximum Gasteiger partial charge on any atom is 0.00671 e. The second-order valence-electron chi connectivity index (χ2n) is 7.11. The third-order valence-electron chi connectivity index (χ3n) is 5.45. The Morgan fingerprint density at radius 2 is 1.68 bits per heavy atom. The van der Waals surface area contributed by atoms with Gasteiger partial charge in [0.15, 0.2) is 0 Å². The molecule has 0 amide bonds. The first-order chi connectivity index (χ1) is 9.26. The highest BCUT2D eigenvalue weighted by atomic mass is 15.2. The van der Waals surface area contributed by atoms with Crippen molar-refractivity contribution in [2.75, 3.05) is 26.7 Å². The highest BCUT2D eigenvalue weighted by Gasteiger charge is 2.33. The highest BCUT2D eigenvalue weighted by Crippen LogP contribution is 2.36. The lowest BCUT2D eigenvalue weighted by Crippen LogP contribution is -2.46. The van der Waals surface area contributed by atoms with Gasteiger partial charge in [-0.15, -0.1) is 0 Å². The van der Waals surface area contributed by atoms with E-state index in [1.165, 1.54) is 83.8 Å². The van der Waals surface area contributed by atoms with Gasteiger partial charge in [-0.05, 0) is 51.6 Å². The van der Waals surface area contributed by atoms with Gasteiger partial charge in [0, 0.05) is 19.1 Å². The van der Waals surface area contributed by atoms with Crippen molar-refractivity contribution in [3.8, 4) is 0 Å². The predicted molar refractivity (Wildman–Crippen MR) is 83.6 cm³/mol. The van der Waals surface area contributed by atoms with Gasteiger partial charge >= 0.3 is 0 Å². The van der Waals surface area contributed by atoms with Crippen molar-refractivity contribution in [3.63, 3.8) is 0 Å². The van der Waals surface area contributed by atoms with E-state index in [0.717, 1.165) is 6.04 Å². The fourth-order valence-electron chi connectivity index (χ4n) is 4.24. The van der Waals surface area contributed by atoms with Crippen LogP contribution in [0, 0.1) is 5.41 Å². The van der Waals surface area contributed by atoms with Crippen LogP contribution in [0.2, 0.25) is 0 Å². The summed E-state index contributed by atoms with van der Waals surface area (Å²) in [5, 5.41) is 3.50. The van der Waals surface area contributed by atoms with Crippen molar-refractivity contribution in [1.82, 2.24) is 10.2 Å². The zero-order valence-electron chi connectivity index (χ0n) is 13.2. The molecular formula is C17H34N2. The first-order valence-electron chi connectivity index (χ1n) is 8.64. The SMILES string of the molecule is CNCC1(CN2CCCCCC2C)CCCCCC1. The molecule has 1 unspecified atom stereocenters. The van der Waals surface area contributed by atoms with E-state index in [1.807, 2.05) is 0 Å². The van der Waals surface area contributed by atoms with Crippen LogP contribution in [0.3, 0.4) is 0 Å². The van der Waals surface area contributed by atoms with Gasteiger partial charge in [0.1, 0.15) is 0 Å². The molecule has 0 aromatic rings. The average Bonchev–Trinajstić information content (AvgIpc) is 2.73. The summed E-state index contributed by atoms with van der Waals surface area (Å²) in [6, 6.07) is 0.805. The van der Waals surface area contributed by atoms with Gasteiger partial charge in [-0.3, -0.25) is 0 Å². The molecule has 0 aromatic carbocycles. The number of hydrogen-bond donors (Lipinski definition) is 1. The van der Waals surface area contributed by atoms with Crippen molar-refractivity contribution in [2.45, 2.75) is 77.2 Å². The third kappa shape index (κ3) is 4.46. The number of nitrogens with one attached hydrogen (secondary N) is 1. The quantitative estimate of drug-likeness (QED) is 0.778. The molecule has 1 aliphatic heterocycles. The van der Waals surface area contributed by atoms with Crippen LogP contribution < -0.4 is 5.32 Å². The zero-order chi connectivity index (χ0) is 13.6.